The van der Waals surface area contributed by atoms with E-state index in [0.29, 0.717) is 30.3 Å². The number of hydrogen-bond donors (Lipinski definition) is 0. The number of alkyl halides is 3. The van der Waals surface area contributed by atoms with E-state index >= 15 is 0 Å². The summed E-state index contributed by atoms with van der Waals surface area (Å²) in [6.45, 7) is 0.959. The standard InChI is InChI=1S/C19H17F3N4O2/c20-19(21,22)14-5-7-16-23-24-18(26(16)12-14)13-3-1-9-25(11-13)17(27)8-6-15-4-2-10-28-15/h2,4-8,10,12-13H,1,3,9,11H2/b8-6+. The molecule has 4 rings (SSSR count). The highest BCUT2D eigenvalue weighted by Gasteiger charge is 2.32. The number of aromatic nitrogens is 3. The fourth-order valence-electron chi connectivity index (χ4n) is 3.39. The Kier molecular flexibility index (Phi) is 4.66. The first-order chi connectivity index (χ1) is 13.4. The SMILES string of the molecule is O=C(/C=C/c1ccco1)N1CCCC(c2nnc3ccc(C(F)(F)F)cn23)C1. The predicted octanol–water partition coefficient (Wildman–Crippen LogP) is 3.76. The van der Waals surface area contributed by atoms with E-state index in [2.05, 4.69) is 10.2 Å². The summed E-state index contributed by atoms with van der Waals surface area (Å²) in [5, 5.41) is 8.07. The molecule has 4 heterocycles. The molecule has 1 amide bonds. The maximum Gasteiger partial charge on any atom is 0.417 e. The lowest BCUT2D eigenvalue weighted by Crippen LogP contribution is -2.38. The highest BCUT2D eigenvalue weighted by Crippen LogP contribution is 2.31. The van der Waals surface area contributed by atoms with Gasteiger partial charge in [0.1, 0.15) is 11.6 Å². The Labute approximate surface area is 158 Å². The number of furan rings is 1. The van der Waals surface area contributed by atoms with Crippen LogP contribution in [0, 0.1) is 0 Å². The van der Waals surface area contributed by atoms with Crippen molar-refractivity contribution < 1.29 is 22.4 Å². The Morgan fingerprint density at radius 3 is 2.86 bits per heavy atom. The van der Waals surface area contributed by atoms with Crippen LogP contribution in [0.1, 0.15) is 35.9 Å². The van der Waals surface area contributed by atoms with Gasteiger partial charge in [0.05, 0.1) is 11.8 Å². The van der Waals surface area contributed by atoms with Crippen molar-refractivity contribution in [1.29, 1.82) is 0 Å². The van der Waals surface area contributed by atoms with Gasteiger partial charge in [-0.1, -0.05) is 0 Å². The van der Waals surface area contributed by atoms with Crippen molar-refractivity contribution in [3.8, 4) is 0 Å². The zero-order chi connectivity index (χ0) is 19.7. The molecule has 0 radical (unpaired) electrons. The van der Waals surface area contributed by atoms with Gasteiger partial charge in [0, 0.05) is 31.3 Å². The van der Waals surface area contributed by atoms with Crippen molar-refractivity contribution in [3.63, 3.8) is 0 Å². The van der Waals surface area contributed by atoms with Gasteiger partial charge >= 0.3 is 6.18 Å². The number of hydrogen-bond acceptors (Lipinski definition) is 4. The summed E-state index contributed by atoms with van der Waals surface area (Å²) in [6.07, 6.45) is 2.58. The molecule has 0 N–H and O–H groups in total. The first kappa shape index (κ1) is 18.3. The van der Waals surface area contributed by atoms with Gasteiger partial charge in [0.25, 0.3) is 0 Å². The molecule has 146 valence electrons. The Morgan fingerprint density at radius 2 is 2.11 bits per heavy atom. The molecule has 6 nitrogen and oxygen atoms in total. The molecule has 0 bridgehead atoms. The molecule has 1 unspecified atom stereocenters. The molecule has 1 fully saturated rings. The minimum absolute atomic E-state index is 0.175. The third-order valence-corrected chi connectivity index (χ3v) is 4.79. The number of halogens is 3. The van der Waals surface area contributed by atoms with E-state index in [9.17, 15) is 18.0 Å². The van der Waals surface area contributed by atoms with Crippen LogP contribution in [-0.2, 0) is 11.0 Å². The van der Waals surface area contributed by atoms with Crippen LogP contribution in [0.4, 0.5) is 13.2 Å². The normalized spacial score (nSPS) is 18.2. The number of pyridine rings is 1. The van der Waals surface area contributed by atoms with Gasteiger partial charge in [-0.25, -0.2) is 0 Å². The highest BCUT2D eigenvalue weighted by molar-refractivity contribution is 5.91. The van der Waals surface area contributed by atoms with Crippen molar-refractivity contribution in [2.75, 3.05) is 13.1 Å². The second kappa shape index (κ2) is 7.14. The first-order valence-electron chi connectivity index (χ1n) is 8.84. The van der Waals surface area contributed by atoms with Gasteiger partial charge in [-0.2, -0.15) is 13.2 Å². The van der Waals surface area contributed by atoms with E-state index in [1.807, 2.05) is 0 Å². The largest absolute Gasteiger partial charge is 0.465 e. The van der Waals surface area contributed by atoms with E-state index in [-0.39, 0.29) is 11.8 Å². The molecule has 28 heavy (non-hydrogen) atoms. The molecule has 1 aliphatic heterocycles. The summed E-state index contributed by atoms with van der Waals surface area (Å²) in [4.78, 5) is 14.1. The van der Waals surface area contributed by atoms with Crippen molar-refractivity contribution >= 4 is 17.6 Å². The van der Waals surface area contributed by atoms with E-state index in [0.717, 1.165) is 25.1 Å². The molecular formula is C19H17F3N4O2. The fourth-order valence-corrected chi connectivity index (χ4v) is 3.39. The molecule has 0 spiro atoms. The van der Waals surface area contributed by atoms with Crippen LogP contribution in [0.5, 0.6) is 0 Å². The number of fused-ring (bicyclic) bond motifs is 1. The van der Waals surface area contributed by atoms with Gasteiger partial charge in [-0.15, -0.1) is 10.2 Å². The van der Waals surface area contributed by atoms with E-state index < -0.39 is 11.7 Å². The van der Waals surface area contributed by atoms with Gasteiger partial charge in [0.15, 0.2) is 5.65 Å². The van der Waals surface area contributed by atoms with Crippen LogP contribution >= 0.6 is 0 Å². The van der Waals surface area contributed by atoms with E-state index in [4.69, 9.17) is 4.42 Å². The highest BCUT2D eigenvalue weighted by atomic mass is 19.4. The number of nitrogens with zero attached hydrogens (tertiary/aromatic N) is 4. The monoisotopic (exact) mass is 390 g/mol. The molecule has 3 aromatic rings. The molecule has 0 aliphatic carbocycles. The van der Waals surface area contributed by atoms with Crippen molar-refractivity contribution in [1.82, 2.24) is 19.5 Å². The van der Waals surface area contributed by atoms with Crippen molar-refractivity contribution in [2.45, 2.75) is 24.9 Å². The Balaban J connectivity index is 1.55. The maximum atomic E-state index is 13.0. The van der Waals surface area contributed by atoms with Gasteiger partial charge in [0.2, 0.25) is 5.91 Å². The smallest absolute Gasteiger partial charge is 0.417 e. The van der Waals surface area contributed by atoms with Crippen LogP contribution < -0.4 is 0 Å². The summed E-state index contributed by atoms with van der Waals surface area (Å²) in [6, 6.07) is 5.76. The number of rotatable bonds is 3. The topological polar surface area (TPSA) is 63.6 Å². The summed E-state index contributed by atoms with van der Waals surface area (Å²) in [5.41, 5.74) is -0.407. The van der Waals surface area contributed by atoms with Crippen LogP contribution in [0.25, 0.3) is 11.7 Å². The average molecular weight is 390 g/mol. The number of carbonyl (C=O) groups excluding carboxylic acids is 1. The Bertz CT molecular complexity index is 1010. The average Bonchev–Trinajstić information content (AvgIpc) is 3.34. The molecule has 3 aromatic heterocycles. The second-order valence-electron chi connectivity index (χ2n) is 6.67. The van der Waals surface area contributed by atoms with Crippen LogP contribution in [-0.4, -0.2) is 38.5 Å². The molecule has 0 aromatic carbocycles. The zero-order valence-electron chi connectivity index (χ0n) is 14.8. The molecule has 1 atom stereocenters. The fraction of sp³-hybridized carbons (Fsp3) is 0.316. The Morgan fingerprint density at radius 1 is 1.25 bits per heavy atom. The third-order valence-electron chi connectivity index (χ3n) is 4.79. The molecule has 9 heteroatoms. The number of piperidine rings is 1. The minimum atomic E-state index is -4.44. The maximum absolute atomic E-state index is 13.0. The van der Waals surface area contributed by atoms with E-state index in [1.54, 1.807) is 23.1 Å². The number of amides is 1. The lowest BCUT2D eigenvalue weighted by molar-refractivity contribution is -0.137. The molecule has 1 aliphatic rings. The van der Waals surface area contributed by atoms with Crippen molar-refractivity contribution in [3.05, 3.63) is 59.9 Å². The van der Waals surface area contributed by atoms with Crippen molar-refractivity contribution in [2.24, 2.45) is 0 Å². The molecule has 1 saturated heterocycles. The van der Waals surface area contributed by atoms with Gasteiger partial charge < -0.3 is 9.32 Å². The minimum Gasteiger partial charge on any atom is -0.465 e. The molecular weight excluding hydrogens is 373 g/mol. The molecule has 0 saturated carbocycles. The van der Waals surface area contributed by atoms with Crippen LogP contribution in [0.2, 0.25) is 0 Å². The van der Waals surface area contributed by atoms with Crippen LogP contribution in [0.15, 0.2) is 47.2 Å². The summed E-state index contributed by atoms with van der Waals surface area (Å²) < 4.78 is 45.7. The Hall–Kier alpha value is -3.10. The second-order valence-corrected chi connectivity index (χ2v) is 6.67. The van der Waals surface area contributed by atoms with E-state index in [1.165, 1.54) is 22.8 Å². The zero-order valence-corrected chi connectivity index (χ0v) is 14.8. The quantitative estimate of drug-likeness (QED) is 0.639. The number of likely N-dealkylation sites (tertiary alicyclic amines) is 1. The van der Waals surface area contributed by atoms with Gasteiger partial charge in [-0.3, -0.25) is 9.20 Å². The summed E-state index contributed by atoms with van der Waals surface area (Å²) in [5.74, 6) is 0.651. The summed E-state index contributed by atoms with van der Waals surface area (Å²) >= 11 is 0. The van der Waals surface area contributed by atoms with Crippen LogP contribution in [0.3, 0.4) is 0 Å². The number of carbonyl (C=O) groups is 1. The predicted molar refractivity (Wildman–Crippen MR) is 94.3 cm³/mol. The lowest BCUT2D eigenvalue weighted by atomic mass is 9.97. The third kappa shape index (κ3) is 3.64. The lowest BCUT2D eigenvalue weighted by Gasteiger charge is -2.31. The van der Waals surface area contributed by atoms with Gasteiger partial charge in [-0.05, 0) is 43.2 Å². The first-order valence-corrected chi connectivity index (χ1v) is 8.84. The summed E-state index contributed by atoms with van der Waals surface area (Å²) in [7, 11) is 0.